The van der Waals surface area contributed by atoms with E-state index in [1.165, 1.54) is 0 Å². The fourth-order valence-corrected chi connectivity index (χ4v) is 0.662. The Morgan fingerprint density at radius 3 is 2.64 bits per heavy atom. The summed E-state index contributed by atoms with van der Waals surface area (Å²) in [5.41, 5.74) is 0.550. The molecule has 0 bridgehead atoms. The predicted octanol–water partition coefficient (Wildman–Crippen LogP) is 1.93. The van der Waals surface area contributed by atoms with Crippen molar-refractivity contribution in [3.8, 4) is 0 Å². The Kier molecular flexibility index (Phi) is 1.94. The molecule has 0 fully saturated rings. The molecule has 1 aromatic rings. The summed E-state index contributed by atoms with van der Waals surface area (Å²) in [4.78, 5) is 9.36. The van der Waals surface area contributed by atoms with Crippen molar-refractivity contribution in [1.82, 2.24) is 0 Å². The zero-order chi connectivity index (χ0) is 8.97. The summed E-state index contributed by atoms with van der Waals surface area (Å²) in [5.74, 6) is 0. The molecular weight excluding hydrogens is 142 g/mol. The Bertz CT molecular complexity index is 308. The summed E-state index contributed by atoms with van der Waals surface area (Å²) in [6.07, 6.45) is 0.676. The molecule has 0 spiro atoms. The van der Waals surface area contributed by atoms with Gasteiger partial charge in [0.05, 0.1) is 6.29 Å². The number of rotatable bonds is 2. The van der Waals surface area contributed by atoms with Gasteiger partial charge in [-0.2, -0.15) is 0 Å². The van der Waals surface area contributed by atoms with Gasteiger partial charge in [0.1, 0.15) is 0 Å². The molecule has 0 radical (unpaired) electrons. The van der Waals surface area contributed by atoms with E-state index >= 15 is 0 Å². The second-order valence-corrected chi connectivity index (χ2v) is 1.92. The van der Waals surface area contributed by atoms with Gasteiger partial charge >= 0.3 is 0 Å². The van der Waals surface area contributed by atoms with Crippen molar-refractivity contribution in [2.24, 2.45) is 0 Å². The van der Waals surface area contributed by atoms with Crippen molar-refractivity contribution < 1.29 is 6.29 Å². The van der Waals surface area contributed by atoms with Crippen LogP contribution in [0.25, 0.3) is 6.05 Å². The minimum atomic E-state index is -0.630. The van der Waals surface area contributed by atoms with Crippen LogP contribution in [0.4, 0.5) is 0 Å². The second-order valence-electron chi connectivity index (χ2n) is 1.92. The highest BCUT2D eigenvalue weighted by molar-refractivity contribution is 5.47. The number of hydrogen-bond acceptors (Lipinski definition) is 2. The molecule has 11 heavy (non-hydrogen) atoms. The average Bonchev–Trinajstić information content (AvgIpc) is 2.05. The molecule has 0 aliphatic rings. The lowest BCUT2D eigenvalue weighted by Crippen LogP contribution is -1.81. The maximum atomic E-state index is 9.99. The summed E-state index contributed by atoms with van der Waals surface area (Å²) in [6.45, 7) is 0. The monoisotopic (exact) mass is 150 g/mol. The third kappa shape index (κ3) is 2.62. The standard InChI is InChI=1S/C8H7NO2/c10-9(11)7-6-8-4-2-1-3-5-8/h1-7H/b7-6+/i6D. The predicted molar refractivity (Wildman–Crippen MR) is 42.5 cm³/mol. The first-order valence-electron chi connectivity index (χ1n) is 3.57. The molecule has 0 aromatic heterocycles. The normalized spacial score (nSPS) is 12.4. The van der Waals surface area contributed by atoms with Gasteiger partial charge in [-0.1, -0.05) is 30.3 Å². The Morgan fingerprint density at radius 2 is 2.09 bits per heavy atom. The van der Waals surface area contributed by atoms with Crippen LogP contribution in [-0.2, 0) is 0 Å². The third-order valence-corrected chi connectivity index (χ3v) is 1.11. The van der Waals surface area contributed by atoms with E-state index in [9.17, 15) is 10.1 Å². The summed E-state index contributed by atoms with van der Waals surface area (Å²) in [5, 5.41) is 9.99. The van der Waals surface area contributed by atoms with Gasteiger partial charge in [0.15, 0.2) is 0 Å². The lowest BCUT2D eigenvalue weighted by atomic mass is 10.2. The largest absolute Gasteiger partial charge is 0.259 e. The average molecular weight is 150 g/mol. The molecule has 1 aromatic carbocycles. The first-order valence-corrected chi connectivity index (χ1v) is 3.07. The van der Waals surface area contributed by atoms with Crippen LogP contribution in [0.1, 0.15) is 6.93 Å². The Balaban J connectivity index is 2.93. The summed E-state index contributed by atoms with van der Waals surface area (Å²) in [7, 11) is 0. The van der Waals surface area contributed by atoms with Gasteiger partial charge in [0.2, 0.25) is 6.20 Å². The van der Waals surface area contributed by atoms with Crippen molar-refractivity contribution in [3.05, 3.63) is 52.2 Å². The molecule has 0 N–H and O–H groups in total. The van der Waals surface area contributed by atoms with E-state index in [2.05, 4.69) is 0 Å². The van der Waals surface area contributed by atoms with E-state index in [0.717, 1.165) is 0 Å². The molecule has 0 heterocycles. The van der Waals surface area contributed by atoms with Gasteiger partial charge in [0, 0.05) is 6.05 Å². The lowest BCUT2D eigenvalue weighted by molar-refractivity contribution is -0.400. The van der Waals surface area contributed by atoms with Crippen molar-refractivity contribution >= 4 is 6.05 Å². The van der Waals surface area contributed by atoms with Crippen LogP contribution in [0.2, 0.25) is 0 Å². The second kappa shape index (κ2) is 3.51. The molecule has 0 saturated carbocycles. The van der Waals surface area contributed by atoms with Gasteiger partial charge in [-0.25, -0.2) is 0 Å². The molecule has 0 amide bonds. The van der Waals surface area contributed by atoms with Crippen LogP contribution in [0.3, 0.4) is 0 Å². The quantitative estimate of drug-likeness (QED) is 0.477. The van der Waals surface area contributed by atoms with Crippen LogP contribution in [0, 0.1) is 10.1 Å². The molecule has 3 heteroatoms. The summed E-state index contributed by atoms with van der Waals surface area (Å²) < 4.78 is 7.26. The van der Waals surface area contributed by atoms with Gasteiger partial charge in [-0.05, 0) is 5.56 Å². The van der Waals surface area contributed by atoms with E-state index in [4.69, 9.17) is 1.37 Å². The van der Waals surface area contributed by atoms with Gasteiger partial charge < -0.3 is 0 Å². The van der Waals surface area contributed by atoms with Crippen LogP contribution in [0.15, 0.2) is 36.5 Å². The maximum Gasteiger partial charge on any atom is 0.235 e. The van der Waals surface area contributed by atoms with Crippen LogP contribution >= 0.6 is 0 Å². The number of nitro groups is 1. The van der Waals surface area contributed by atoms with Gasteiger partial charge in [-0.3, -0.25) is 10.1 Å². The molecule has 0 atom stereocenters. The minimum Gasteiger partial charge on any atom is -0.259 e. The first kappa shape index (κ1) is 6.09. The smallest absolute Gasteiger partial charge is 0.235 e. The topological polar surface area (TPSA) is 43.1 Å². The van der Waals surface area contributed by atoms with Gasteiger partial charge in [0.25, 0.3) is 0 Å². The van der Waals surface area contributed by atoms with E-state index < -0.39 is 4.92 Å². The Labute approximate surface area is 65.5 Å². The van der Waals surface area contributed by atoms with E-state index in [-0.39, 0.29) is 6.05 Å². The SMILES string of the molecule is [2H]/C(=C\[N+](=O)[O-])c1ccccc1. The molecule has 0 aliphatic heterocycles. The fraction of sp³-hybridized carbons (Fsp3) is 0. The van der Waals surface area contributed by atoms with Crippen molar-refractivity contribution in [3.63, 3.8) is 0 Å². The van der Waals surface area contributed by atoms with Gasteiger partial charge in [-0.15, -0.1) is 0 Å². The Hall–Kier alpha value is -1.64. The molecule has 56 valence electrons. The van der Waals surface area contributed by atoms with Crippen molar-refractivity contribution in [1.29, 1.82) is 0 Å². The van der Waals surface area contributed by atoms with E-state index in [1.54, 1.807) is 30.3 Å². The van der Waals surface area contributed by atoms with Crippen molar-refractivity contribution in [2.75, 3.05) is 0 Å². The van der Waals surface area contributed by atoms with E-state index in [1.807, 2.05) is 0 Å². The van der Waals surface area contributed by atoms with Crippen LogP contribution in [-0.4, -0.2) is 4.92 Å². The Morgan fingerprint density at radius 1 is 1.45 bits per heavy atom. The highest BCUT2D eigenvalue weighted by Gasteiger charge is 1.86. The maximum absolute atomic E-state index is 9.99. The highest BCUT2D eigenvalue weighted by Crippen LogP contribution is 1.99. The molecule has 0 aliphatic carbocycles. The number of nitrogens with zero attached hydrogens (tertiary/aromatic N) is 1. The van der Waals surface area contributed by atoms with Crippen LogP contribution < -0.4 is 0 Å². The zero-order valence-electron chi connectivity index (χ0n) is 6.73. The molecule has 1 rings (SSSR count). The fourth-order valence-electron chi connectivity index (χ4n) is 0.662. The summed E-state index contributed by atoms with van der Waals surface area (Å²) in [6, 6.07) is 8.49. The minimum absolute atomic E-state index is 0.0828. The summed E-state index contributed by atoms with van der Waals surface area (Å²) >= 11 is 0. The molecule has 0 unspecified atom stereocenters. The third-order valence-electron chi connectivity index (χ3n) is 1.11. The first-order chi connectivity index (χ1) is 5.70. The van der Waals surface area contributed by atoms with Crippen molar-refractivity contribution in [2.45, 2.75) is 0 Å². The number of hydrogen-bond donors (Lipinski definition) is 0. The zero-order valence-corrected chi connectivity index (χ0v) is 5.73. The molecular formula is C8H7NO2. The molecule has 0 saturated heterocycles. The lowest BCUT2D eigenvalue weighted by Gasteiger charge is -1.86. The highest BCUT2D eigenvalue weighted by atomic mass is 16.6. The number of benzene rings is 1. The molecule has 3 nitrogen and oxygen atoms in total. The van der Waals surface area contributed by atoms with Crippen LogP contribution in [0.5, 0.6) is 0 Å². The van der Waals surface area contributed by atoms with E-state index in [0.29, 0.717) is 11.8 Å².